The van der Waals surface area contributed by atoms with Crippen molar-refractivity contribution in [3.05, 3.63) is 24.3 Å². The van der Waals surface area contributed by atoms with Crippen molar-refractivity contribution < 1.29 is 14.3 Å². The molecular weight excluding hydrogens is 206 g/mol. The molecular formula is C12H13NO3. The van der Waals surface area contributed by atoms with Crippen LogP contribution in [0.25, 0.3) is 0 Å². The second-order valence-electron chi connectivity index (χ2n) is 2.90. The van der Waals surface area contributed by atoms with Gasteiger partial charge in [-0.3, -0.25) is 4.79 Å². The van der Waals surface area contributed by atoms with Crippen molar-refractivity contribution in [2.45, 2.75) is 0 Å². The van der Waals surface area contributed by atoms with Crippen LogP contribution in [0.4, 0.5) is 0 Å². The predicted octanol–water partition coefficient (Wildman–Crippen LogP) is 0.823. The molecule has 0 bridgehead atoms. The summed E-state index contributed by atoms with van der Waals surface area (Å²) in [6.07, 6.45) is 5.09. The molecule has 84 valence electrons. The molecule has 1 rings (SSSR count). The molecule has 0 atom stereocenters. The molecule has 1 aromatic carbocycles. The quantitative estimate of drug-likeness (QED) is 0.746. The Bertz CT molecular complexity index is 395. The minimum absolute atomic E-state index is 0.0487. The van der Waals surface area contributed by atoms with Gasteiger partial charge in [0.05, 0.1) is 0 Å². The molecule has 4 heteroatoms. The van der Waals surface area contributed by atoms with Gasteiger partial charge in [-0.25, -0.2) is 0 Å². The van der Waals surface area contributed by atoms with Gasteiger partial charge in [0.1, 0.15) is 6.61 Å². The molecule has 0 radical (unpaired) electrons. The van der Waals surface area contributed by atoms with Crippen molar-refractivity contribution in [1.29, 1.82) is 0 Å². The maximum Gasteiger partial charge on any atom is 0.257 e. The zero-order chi connectivity index (χ0) is 11.8. The monoisotopic (exact) mass is 219 g/mol. The van der Waals surface area contributed by atoms with Crippen LogP contribution in [0.1, 0.15) is 0 Å². The standard InChI is InChI=1S/C12H13NO3/c1-3-8-15-10-6-4-5-7-11(10)16-9-12(14)13-2/h1,4-7H,8-9H2,2H3,(H,13,14). The number of likely N-dealkylation sites (N-methyl/N-ethyl adjacent to an activating group) is 1. The summed E-state index contributed by atoms with van der Waals surface area (Å²) >= 11 is 0. The summed E-state index contributed by atoms with van der Waals surface area (Å²) in [5.41, 5.74) is 0. The zero-order valence-electron chi connectivity index (χ0n) is 9.03. The van der Waals surface area contributed by atoms with Crippen molar-refractivity contribution in [1.82, 2.24) is 5.32 Å². The average Bonchev–Trinajstić information content (AvgIpc) is 2.34. The van der Waals surface area contributed by atoms with Gasteiger partial charge in [-0.1, -0.05) is 18.1 Å². The van der Waals surface area contributed by atoms with Crippen molar-refractivity contribution >= 4 is 5.91 Å². The van der Waals surface area contributed by atoms with Gasteiger partial charge in [-0.05, 0) is 12.1 Å². The van der Waals surface area contributed by atoms with Crippen LogP contribution >= 0.6 is 0 Å². The number of hydrogen-bond donors (Lipinski definition) is 1. The molecule has 0 fully saturated rings. The van der Waals surface area contributed by atoms with Crippen LogP contribution in [0.5, 0.6) is 11.5 Å². The lowest BCUT2D eigenvalue weighted by Crippen LogP contribution is -2.24. The number of terminal acetylenes is 1. The van der Waals surface area contributed by atoms with Gasteiger partial charge in [0.2, 0.25) is 0 Å². The van der Waals surface area contributed by atoms with E-state index in [0.717, 1.165) is 0 Å². The predicted molar refractivity (Wildman–Crippen MR) is 60.3 cm³/mol. The highest BCUT2D eigenvalue weighted by Gasteiger charge is 2.05. The fourth-order valence-corrected chi connectivity index (χ4v) is 1.02. The fourth-order valence-electron chi connectivity index (χ4n) is 1.02. The number of nitrogens with one attached hydrogen (secondary N) is 1. The number of amides is 1. The van der Waals surface area contributed by atoms with Gasteiger partial charge in [-0.15, -0.1) is 6.42 Å². The minimum atomic E-state index is -0.202. The van der Waals surface area contributed by atoms with Crippen molar-refractivity contribution in [2.75, 3.05) is 20.3 Å². The summed E-state index contributed by atoms with van der Waals surface area (Å²) < 4.78 is 10.5. The third-order valence-electron chi connectivity index (χ3n) is 1.80. The van der Waals surface area contributed by atoms with Gasteiger partial charge in [0.25, 0.3) is 5.91 Å². The highest BCUT2D eigenvalue weighted by atomic mass is 16.5. The summed E-state index contributed by atoms with van der Waals surface area (Å²) in [5.74, 6) is 3.19. The SMILES string of the molecule is C#CCOc1ccccc1OCC(=O)NC. The highest BCUT2D eigenvalue weighted by Crippen LogP contribution is 2.25. The number of para-hydroxylation sites is 2. The molecule has 0 aromatic heterocycles. The molecule has 16 heavy (non-hydrogen) atoms. The van der Waals surface area contributed by atoms with Crippen molar-refractivity contribution in [3.63, 3.8) is 0 Å². The van der Waals surface area contributed by atoms with Crippen LogP contribution in [0.3, 0.4) is 0 Å². The number of carbonyl (C=O) groups is 1. The topological polar surface area (TPSA) is 47.6 Å². The Morgan fingerprint density at radius 2 is 2.00 bits per heavy atom. The molecule has 1 aromatic rings. The fraction of sp³-hybridized carbons (Fsp3) is 0.250. The largest absolute Gasteiger partial charge is 0.480 e. The molecule has 1 amide bonds. The Kier molecular flexibility index (Phi) is 4.74. The minimum Gasteiger partial charge on any atom is -0.480 e. The van der Waals surface area contributed by atoms with E-state index in [4.69, 9.17) is 15.9 Å². The van der Waals surface area contributed by atoms with Gasteiger partial charge in [0, 0.05) is 7.05 Å². The number of benzene rings is 1. The number of carbonyl (C=O) groups excluding carboxylic acids is 1. The maximum absolute atomic E-state index is 11.0. The smallest absolute Gasteiger partial charge is 0.257 e. The Balaban J connectivity index is 2.64. The molecule has 0 spiro atoms. The second-order valence-corrected chi connectivity index (χ2v) is 2.90. The third kappa shape index (κ3) is 3.54. The first-order valence-corrected chi connectivity index (χ1v) is 4.76. The Labute approximate surface area is 94.6 Å². The van der Waals surface area contributed by atoms with E-state index >= 15 is 0 Å². The van der Waals surface area contributed by atoms with E-state index in [1.165, 1.54) is 0 Å². The van der Waals surface area contributed by atoms with Crippen molar-refractivity contribution in [3.8, 4) is 23.8 Å². The lowest BCUT2D eigenvalue weighted by atomic mass is 10.3. The van der Waals surface area contributed by atoms with E-state index < -0.39 is 0 Å². The first kappa shape index (κ1) is 11.9. The van der Waals surface area contributed by atoms with Crippen LogP contribution in [0.2, 0.25) is 0 Å². The van der Waals surface area contributed by atoms with E-state index in [0.29, 0.717) is 11.5 Å². The Morgan fingerprint density at radius 1 is 1.38 bits per heavy atom. The van der Waals surface area contributed by atoms with Crippen LogP contribution in [0, 0.1) is 12.3 Å². The summed E-state index contributed by atoms with van der Waals surface area (Å²) in [5, 5.41) is 2.46. The van der Waals surface area contributed by atoms with Crippen LogP contribution < -0.4 is 14.8 Å². The second kappa shape index (κ2) is 6.36. The molecule has 0 aliphatic heterocycles. The Hall–Kier alpha value is -2.15. The van der Waals surface area contributed by atoms with E-state index in [1.54, 1.807) is 31.3 Å². The van der Waals surface area contributed by atoms with Gasteiger partial charge < -0.3 is 14.8 Å². The molecule has 0 aliphatic carbocycles. The first-order chi connectivity index (χ1) is 7.77. The third-order valence-corrected chi connectivity index (χ3v) is 1.80. The number of hydrogen-bond acceptors (Lipinski definition) is 3. The van der Waals surface area contributed by atoms with Gasteiger partial charge in [-0.2, -0.15) is 0 Å². The molecule has 1 N–H and O–H groups in total. The summed E-state index contributed by atoms with van der Waals surface area (Å²) in [7, 11) is 1.55. The molecule has 0 saturated carbocycles. The normalized spacial score (nSPS) is 9.00. The zero-order valence-corrected chi connectivity index (χ0v) is 9.03. The molecule has 0 heterocycles. The summed E-state index contributed by atoms with van der Waals surface area (Å²) in [6, 6.07) is 7.05. The van der Waals surface area contributed by atoms with E-state index in [2.05, 4.69) is 11.2 Å². The Morgan fingerprint density at radius 3 is 2.56 bits per heavy atom. The molecule has 0 unspecified atom stereocenters. The molecule has 4 nitrogen and oxygen atoms in total. The first-order valence-electron chi connectivity index (χ1n) is 4.76. The summed E-state index contributed by atoms with van der Waals surface area (Å²) in [4.78, 5) is 11.0. The van der Waals surface area contributed by atoms with Crippen LogP contribution in [0.15, 0.2) is 24.3 Å². The molecule has 0 aliphatic rings. The maximum atomic E-state index is 11.0. The lowest BCUT2D eigenvalue weighted by Gasteiger charge is -2.10. The number of ether oxygens (including phenoxy) is 2. The van der Waals surface area contributed by atoms with Crippen molar-refractivity contribution in [2.24, 2.45) is 0 Å². The summed E-state index contributed by atoms with van der Waals surface area (Å²) in [6.45, 7) is 0.118. The molecule has 0 saturated heterocycles. The number of rotatable bonds is 5. The highest BCUT2D eigenvalue weighted by molar-refractivity contribution is 5.77. The lowest BCUT2D eigenvalue weighted by molar-refractivity contribution is -0.122. The van der Waals surface area contributed by atoms with Gasteiger partial charge in [0.15, 0.2) is 18.1 Å². The van der Waals surface area contributed by atoms with Gasteiger partial charge >= 0.3 is 0 Å². The van der Waals surface area contributed by atoms with Crippen LogP contribution in [-0.4, -0.2) is 26.2 Å². The average molecular weight is 219 g/mol. The van der Waals surface area contributed by atoms with E-state index in [1.807, 2.05) is 0 Å². The van der Waals surface area contributed by atoms with Crippen LogP contribution in [-0.2, 0) is 4.79 Å². The van der Waals surface area contributed by atoms with E-state index in [-0.39, 0.29) is 19.1 Å². The van der Waals surface area contributed by atoms with E-state index in [9.17, 15) is 4.79 Å².